The average Bonchev–Trinajstić information content (AvgIpc) is 2.39. The van der Waals surface area contributed by atoms with E-state index in [9.17, 15) is 9.18 Å². The molecule has 0 saturated heterocycles. The van der Waals surface area contributed by atoms with E-state index in [2.05, 4.69) is 12.2 Å². The van der Waals surface area contributed by atoms with Gasteiger partial charge in [0.15, 0.2) is 0 Å². The third kappa shape index (κ3) is 5.39. The van der Waals surface area contributed by atoms with Gasteiger partial charge in [-0.15, -0.1) is 0 Å². The molecule has 106 valence electrons. The van der Waals surface area contributed by atoms with E-state index in [0.29, 0.717) is 30.1 Å². The van der Waals surface area contributed by atoms with E-state index in [4.69, 9.17) is 5.73 Å². The van der Waals surface area contributed by atoms with Crippen molar-refractivity contribution in [3.05, 3.63) is 29.6 Å². The van der Waals surface area contributed by atoms with Gasteiger partial charge in [-0.3, -0.25) is 4.79 Å². The molecule has 0 bridgehead atoms. The first-order chi connectivity index (χ1) is 9.06. The van der Waals surface area contributed by atoms with E-state index in [0.717, 1.165) is 19.3 Å². The van der Waals surface area contributed by atoms with E-state index >= 15 is 0 Å². The van der Waals surface area contributed by atoms with Gasteiger partial charge in [-0.05, 0) is 56.0 Å². The standard InChI is InChI=1S/C15H23FN2O/c1-3-12(8-9-17)4-7-15(19)18-13-5-6-14(16)11(2)10-13/h5-6,10,12H,3-4,7-9,17H2,1-2H3,(H,18,19). The van der Waals surface area contributed by atoms with Gasteiger partial charge in [0.1, 0.15) is 5.82 Å². The van der Waals surface area contributed by atoms with Crippen molar-refractivity contribution in [2.24, 2.45) is 11.7 Å². The number of halogens is 1. The highest BCUT2D eigenvalue weighted by Crippen LogP contribution is 2.17. The number of nitrogens with one attached hydrogen (secondary N) is 1. The number of carbonyl (C=O) groups is 1. The van der Waals surface area contributed by atoms with Crippen molar-refractivity contribution in [2.75, 3.05) is 11.9 Å². The molecule has 0 radical (unpaired) electrons. The Labute approximate surface area is 114 Å². The fraction of sp³-hybridized carbons (Fsp3) is 0.533. The Morgan fingerprint density at radius 3 is 2.74 bits per heavy atom. The predicted molar refractivity (Wildman–Crippen MR) is 76.5 cm³/mol. The van der Waals surface area contributed by atoms with Crippen LogP contribution in [-0.2, 0) is 4.79 Å². The molecule has 4 heteroatoms. The molecule has 0 aliphatic heterocycles. The van der Waals surface area contributed by atoms with Crippen LogP contribution in [0.2, 0.25) is 0 Å². The highest BCUT2D eigenvalue weighted by atomic mass is 19.1. The number of rotatable bonds is 7. The third-order valence-corrected chi connectivity index (χ3v) is 3.37. The molecule has 0 saturated carbocycles. The molecule has 0 heterocycles. The van der Waals surface area contributed by atoms with Gasteiger partial charge in [0.2, 0.25) is 5.91 Å². The van der Waals surface area contributed by atoms with Crippen molar-refractivity contribution in [3.63, 3.8) is 0 Å². The number of hydrogen-bond acceptors (Lipinski definition) is 2. The molecule has 1 unspecified atom stereocenters. The van der Waals surface area contributed by atoms with Crippen molar-refractivity contribution in [1.82, 2.24) is 0 Å². The zero-order valence-corrected chi connectivity index (χ0v) is 11.7. The second-order valence-electron chi connectivity index (χ2n) is 4.90. The van der Waals surface area contributed by atoms with Gasteiger partial charge >= 0.3 is 0 Å². The van der Waals surface area contributed by atoms with Gasteiger partial charge < -0.3 is 11.1 Å². The lowest BCUT2D eigenvalue weighted by Gasteiger charge is -2.13. The maximum absolute atomic E-state index is 13.1. The minimum absolute atomic E-state index is 0.0264. The molecule has 3 nitrogen and oxygen atoms in total. The van der Waals surface area contributed by atoms with Crippen LogP contribution in [0.5, 0.6) is 0 Å². The van der Waals surface area contributed by atoms with E-state index in [1.54, 1.807) is 19.1 Å². The van der Waals surface area contributed by atoms with Crippen molar-refractivity contribution in [1.29, 1.82) is 0 Å². The summed E-state index contributed by atoms with van der Waals surface area (Å²) in [5.74, 6) is 0.221. The number of aryl methyl sites for hydroxylation is 1. The van der Waals surface area contributed by atoms with Crippen LogP contribution in [0.25, 0.3) is 0 Å². The summed E-state index contributed by atoms with van der Waals surface area (Å²) in [4.78, 5) is 11.8. The SMILES string of the molecule is CCC(CCN)CCC(=O)Nc1ccc(F)c(C)c1. The van der Waals surface area contributed by atoms with Crippen LogP contribution < -0.4 is 11.1 Å². The van der Waals surface area contributed by atoms with Gasteiger partial charge in [0.25, 0.3) is 0 Å². The van der Waals surface area contributed by atoms with Crippen molar-refractivity contribution >= 4 is 11.6 Å². The summed E-state index contributed by atoms with van der Waals surface area (Å²) in [6.45, 7) is 4.46. The number of nitrogens with two attached hydrogens (primary N) is 1. The molecule has 3 N–H and O–H groups in total. The molecular weight excluding hydrogens is 243 g/mol. The fourth-order valence-corrected chi connectivity index (χ4v) is 2.07. The summed E-state index contributed by atoms with van der Waals surface area (Å²) >= 11 is 0. The van der Waals surface area contributed by atoms with Crippen LogP contribution in [0, 0.1) is 18.7 Å². The van der Waals surface area contributed by atoms with E-state index in [1.807, 2.05) is 0 Å². The number of anilines is 1. The Morgan fingerprint density at radius 2 is 2.16 bits per heavy atom. The normalized spacial score (nSPS) is 12.2. The zero-order valence-electron chi connectivity index (χ0n) is 11.7. The van der Waals surface area contributed by atoms with Crippen molar-refractivity contribution < 1.29 is 9.18 Å². The quantitative estimate of drug-likeness (QED) is 0.796. The van der Waals surface area contributed by atoms with Crippen LogP contribution in [0.1, 0.15) is 38.2 Å². The molecule has 0 aliphatic carbocycles. The zero-order chi connectivity index (χ0) is 14.3. The third-order valence-electron chi connectivity index (χ3n) is 3.37. The lowest BCUT2D eigenvalue weighted by Crippen LogP contribution is -2.15. The van der Waals surface area contributed by atoms with Crippen LogP contribution in [0.4, 0.5) is 10.1 Å². The predicted octanol–water partition coefficient (Wildman–Crippen LogP) is 3.23. The maximum atomic E-state index is 13.1. The maximum Gasteiger partial charge on any atom is 0.224 e. The second-order valence-corrected chi connectivity index (χ2v) is 4.90. The molecule has 1 atom stereocenters. The highest BCUT2D eigenvalue weighted by molar-refractivity contribution is 5.90. The van der Waals surface area contributed by atoms with Crippen molar-refractivity contribution in [3.8, 4) is 0 Å². The Morgan fingerprint density at radius 1 is 1.42 bits per heavy atom. The van der Waals surface area contributed by atoms with Gasteiger partial charge in [-0.1, -0.05) is 13.3 Å². The summed E-state index contributed by atoms with van der Waals surface area (Å²) < 4.78 is 13.1. The van der Waals surface area contributed by atoms with Crippen molar-refractivity contribution in [2.45, 2.75) is 39.5 Å². The lowest BCUT2D eigenvalue weighted by atomic mass is 9.96. The molecule has 1 aromatic carbocycles. The largest absolute Gasteiger partial charge is 0.330 e. The molecule has 0 aromatic heterocycles. The fourth-order valence-electron chi connectivity index (χ4n) is 2.07. The Hall–Kier alpha value is -1.42. The number of benzene rings is 1. The monoisotopic (exact) mass is 266 g/mol. The number of carbonyl (C=O) groups excluding carboxylic acids is 1. The number of amides is 1. The summed E-state index contributed by atoms with van der Waals surface area (Å²) in [6, 6.07) is 4.59. The van der Waals surface area contributed by atoms with Crippen LogP contribution in [-0.4, -0.2) is 12.5 Å². The first kappa shape index (κ1) is 15.6. The smallest absolute Gasteiger partial charge is 0.224 e. The summed E-state index contributed by atoms with van der Waals surface area (Å²) in [5.41, 5.74) is 6.71. The van der Waals surface area contributed by atoms with Crippen LogP contribution in [0.15, 0.2) is 18.2 Å². The van der Waals surface area contributed by atoms with Gasteiger partial charge in [-0.2, -0.15) is 0 Å². The Bertz CT molecular complexity index is 421. The summed E-state index contributed by atoms with van der Waals surface area (Å²) in [5, 5.41) is 2.79. The number of hydrogen-bond donors (Lipinski definition) is 2. The minimum atomic E-state index is -0.257. The van der Waals surface area contributed by atoms with Crippen LogP contribution >= 0.6 is 0 Å². The molecule has 1 aromatic rings. The molecule has 1 rings (SSSR count). The molecular formula is C15H23FN2O. The molecule has 0 fully saturated rings. The van der Waals surface area contributed by atoms with Gasteiger partial charge in [0, 0.05) is 12.1 Å². The van der Waals surface area contributed by atoms with E-state index in [1.165, 1.54) is 6.07 Å². The van der Waals surface area contributed by atoms with Gasteiger partial charge in [-0.25, -0.2) is 4.39 Å². The Kier molecular flexibility index (Phi) is 6.50. The van der Waals surface area contributed by atoms with E-state index < -0.39 is 0 Å². The second kappa shape index (κ2) is 7.89. The molecule has 1 amide bonds. The van der Waals surface area contributed by atoms with E-state index in [-0.39, 0.29) is 11.7 Å². The molecule has 19 heavy (non-hydrogen) atoms. The summed E-state index contributed by atoms with van der Waals surface area (Å²) in [6.07, 6.45) is 3.33. The van der Waals surface area contributed by atoms with Crippen LogP contribution in [0.3, 0.4) is 0 Å². The summed E-state index contributed by atoms with van der Waals surface area (Å²) in [7, 11) is 0. The first-order valence-electron chi connectivity index (χ1n) is 6.82. The van der Waals surface area contributed by atoms with Gasteiger partial charge in [0.05, 0.1) is 0 Å². The molecule has 0 spiro atoms. The first-order valence-corrected chi connectivity index (χ1v) is 6.82. The average molecular weight is 266 g/mol. The minimum Gasteiger partial charge on any atom is -0.330 e. The highest BCUT2D eigenvalue weighted by Gasteiger charge is 2.09. The topological polar surface area (TPSA) is 55.1 Å². The lowest BCUT2D eigenvalue weighted by molar-refractivity contribution is -0.116. The Balaban J connectivity index is 2.44. The molecule has 0 aliphatic rings.